The number of anilines is 1. The molecule has 2 rings (SSSR count). The van der Waals surface area contributed by atoms with Crippen molar-refractivity contribution >= 4 is 16.7 Å². The number of aliphatic hydroxyl groups is 1. The van der Waals surface area contributed by atoms with Crippen molar-refractivity contribution in [1.29, 1.82) is 0 Å². The Balaban J connectivity index is 0.00000132. The van der Waals surface area contributed by atoms with Crippen LogP contribution in [0.5, 0.6) is 0 Å². The molecule has 0 fully saturated rings. The number of halogens is 1. The summed E-state index contributed by atoms with van der Waals surface area (Å²) in [6, 6.07) is 7.36. The van der Waals surface area contributed by atoms with Gasteiger partial charge in [0.15, 0.2) is 0 Å². The standard InChI is InChI=1S/C20H32FN5.C2H6O/c1-4-15(5-2)25-16(6-3)9-10-24-20-17(19(22)23)12-13-11-14(21)7-8-18(13)26-20;1-2-3/h7-8,11-12,15-16,19,25H,4-6,9-10,22-23H2,1-3H3,(H,24,26);3H,2H2,1H3. The SMILES string of the molecule is CCC(CC)NC(CC)CCNc1nc2ccc(F)cc2cc1C(N)N.CCO. The molecule has 29 heavy (non-hydrogen) atoms. The van der Waals surface area contributed by atoms with Crippen LogP contribution in [-0.2, 0) is 0 Å². The molecule has 7 heteroatoms. The number of benzene rings is 1. The van der Waals surface area contributed by atoms with Crippen molar-refractivity contribution in [2.75, 3.05) is 18.5 Å². The lowest BCUT2D eigenvalue weighted by atomic mass is 10.1. The van der Waals surface area contributed by atoms with Crippen molar-refractivity contribution < 1.29 is 9.50 Å². The van der Waals surface area contributed by atoms with E-state index in [0.717, 1.165) is 37.7 Å². The Labute approximate surface area is 174 Å². The molecule has 7 N–H and O–H groups in total. The van der Waals surface area contributed by atoms with E-state index in [1.807, 2.05) is 6.07 Å². The monoisotopic (exact) mass is 407 g/mol. The van der Waals surface area contributed by atoms with Gasteiger partial charge in [0.1, 0.15) is 11.6 Å². The first kappa shape index (κ1) is 25.2. The maximum absolute atomic E-state index is 13.5. The van der Waals surface area contributed by atoms with Crippen LogP contribution in [0.15, 0.2) is 24.3 Å². The highest BCUT2D eigenvalue weighted by Gasteiger charge is 2.14. The summed E-state index contributed by atoms with van der Waals surface area (Å²) in [6.07, 6.45) is 3.66. The summed E-state index contributed by atoms with van der Waals surface area (Å²) in [6.45, 7) is 9.32. The molecule has 0 amide bonds. The molecule has 0 aliphatic carbocycles. The van der Waals surface area contributed by atoms with E-state index in [1.165, 1.54) is 12.1 Å². The number of pyridine rings is 1. The van der Waals surface area contributed by atoms with Gasteiger partial charge in [-0.2, -0.15) is 0 Å². The summed E-state index contributed by atoms with van der Waals surface area (Å²) in [5, 5.41) is 15.4. The molecule has 0 bridgehead atoms. The van der Waals surface area contributed by atoms with Gasteiger partial charge in [0, 0.05) is 36.2 Å². The van der Waals surface area contributed by atoms with Crippen molar-refractivity contribution in [1.82, 2.24) is 10.3 Å². The predicted molar refractivity (Wildman–Crippen MR) is 120 cm³/mol. The third-order valence-electron chi connectivity index (χ3n) is 4.90. The van der Waals surface area contributed by atoms with Crippen LogP contribution in [0.3, 0.4) is 0 Å². The van der Waals surface area contributed by atoms with Gasteiger partial charge in [-0.3, -0.25) is 0 Å². The van der Waals surface area contributed by atoms with Crippen LogP contribution in [-0.4, -0.2) is 35.3 Å². The zero-order chi connectivity index (χ0) is 21.8. The molecule has 0 spiro atoms. The minimum absolute atomic E-state index is 0.250. The molecule has 1 heterocycles. The molecule has 1 aromatic heterocycles. The number of hydrogen-bond acceptors (Lipinski definition) is 6. The van der Waals surface area contributed by atoms with Gasteiger partial charge in [-0.05, 0) is 56.9 Å². The molecule has 1 aromatic carbocycles. The number of aromatic nitrogens is 1. The highest BCUT2D eigenvalue weighted by atomic mass is 19.1. The summed E-state index contributed by atoms with van der Waals surface area (Å²) < 4.78 is 13.5. The third-order valence-corrected chi connectivity index (χ3v) is 4.90. The van der Waals surface area contributed by atoms with Crippen molar-refractivity contribution in [2.45, 2.75) is 71.6 Å². The van der Waals surface area contributed by atoms with Crippen LogP contribution in [0, 0.1) is 5.82 Å². The summed E-state index contributed by atoms with van der Waals surface area (Å²) in [7, 11) is 0. The van der Waals surface area contributed by atoms with E-state index < -0.39 is 6.17 Å². The average molecular weight is 408 g/mol. The lowest BCUT2D eigenvalue weighted by Gasteiger charge is -2.24. The van der Waals surface area contributed by atoms with Crippen LogP contribution in [0.2, 0.25) is 0 Å². The molecular weight excluding hydrogens is 369 g/mol. The fourth-order valence-electron chi connectivity index (χ4n) is 3.19. The van der Waals surface area contributed by atoms with Gasteiger partial charge < -0.3 is 27.2 Å². The lowest BCUT2D eigenvalue weighted by molar-refractivity contribution is 0.318. The zero-order valence-electron chi connectivity index (χ0n) is 18.2. The van der Waals surface area contributed by atoms with Crippen molar-refractivity contribution in [3.63, 3.8) is 0 Å². The highest BCUT2D eigenvalue weighted by Crippen LogP contribution is 2.24. The zero-order valence-corrected chi connectivity index (χ0v) is 18.2. The quantitative estimate of drug-likeness (QED) is 0.385. The molecule has 0 radical (unpaired) electrons. The molecule has 164 valence electrons. The van der Waals surface area contributed by atoms with Crippen LogP contribution in [0.1, 0.15) is 65.1 Å². The predicted octanol–water partition coefficient (Wildman–Crippen LogP) is 3.65. The number of rotatable bonds is 10. The minimum atomic E-state index is -0.665. The molecule has 0 saturated carbocycles. The van der Waals surface area contributed by atoms with Crippen LogP contribution in [0.25, 0.3) is 10.9 Å². The van der Waals surface area contributed by atoms with Gasteiger partial charge in [0.2, 0.25) is 0 Å². The minimum Gasteiger partial charge on any atom is -0.397 e. The van der Waals surface area contributed by atoms with E-state index in [4.69, 9.17) is 16.6 Å². The number of nitrogens with zero attached hydrogens (tertiary/aromatic N) is 1. The normalized spacial score (nSPS) is 12.2. The molecule has 2 aromatic rings. The number of nitrogens with two attached hydrogens (primary N) is 2. The number of nitrogens with one attached hydrogen (secondary N) is 2. The van der Waals surface area contributed by atoms with Crippen LogP contribution < -0.4 is 22.1 Å². The maximum Gasteiger partial charge on any atom is 0.132 e. The first-order valence-electron chi connectivity index (χ1n) is 10.6. The van der Waals surface area contributed by atoms with Crippen LogP contribution in [0.4, 0.5) is 10.2 Å². The molecule has 1 atom stereocenters. The Hall–Kier alpha value is -1.80. The van der Waals surface area contributed by atoms with Gasteiger partial charge in [-0.1, -0.05) is 20.8 Å². The van der Waals surface area contributed by atoms with Gasteiger partial charge in [0.05, 0.1) is 11.7 Å². The molecule has 0 saturated heterocycles. The molecule has 1 unspecified atom stereocenters. The average Bonchev–Trinajstić information content (AvgIpc) is 2.70. The fourth-order valence-corrected chi connectivity index (χ4v) is 3.19. The van der Waals surface area contributed by atoms with Gasteiger partial charge >= 0.3 is 0 Å². The lowest BCUT2D eigenvalue weighted by Crippen LogP contribution is -2.38. The van der Waals surface area contributed by atoms with E-state index >= 15 is 0 Å². The summed E-state index contributed by atoms with van der Waals surface area (Å²) >= 11 is 0. The Morgan fingerprint density at radius 2 is 1.66 bits per heavy atom. The topological polar surface area (TPSA) is 109 Å². The Bertz CT molecular complexity index is 722. The van der Waals surface area contributed by atoms with E-state index in [1.54, 1.807) is 13.0 Å². The largest absolute Gasteiger partial charge is 0.397 e. The molecule has 0 aliphatic heterocycles. The van der Waals surface area contributed by atoms with Crippen molar-refractivity contribution in [2.24, 2.45) is 11.5 Å². The Kier molecular flexibility index (Phi) is 11.7. The summed E-state index contributed by atoms with van der Waals surface area (Å²) in [5.74, 6) is 0.381. The van der Waals surface area contributed by atoms with E-state index in [9.17, 15) is 4.39 Å². The second-order valence-corrected chi connectivity index (χ2v) is 7.11. The van der Waals surface area contributed by atoms with Gasteiger partial charge in [-0.25, -0.2) is 9.37 Å². The van der Waals surface area contributed by atoms with Crippen LogP contribution >= 0.6 is 0 Å². The van der Waals surface area contributed by atoms with Crippen molar-refractivity contribution in [3.05, 3.63) is 35.6 Å². The second-order valence-electron chi connectivity index (χ2n) is 7.11. The fraction of sp³-hybridized carbons (Fsp3) is 0.591. The maximum atomic E-state index is 13.5. The second kappa shape index (κ2) is 13.4. The Morgan fingerprint density at radius 3 is 2.21 bits per heavy atom. The summed E-state index contributed by atoms with van der Waals surface area (Å²) in [4.78, 5) is 4.60. The van der Waals surface area contributed by atoms with E-state index in [2.05, 4.69) is 36.4 Å². The first-order valence-corrected chi connectivity index (χ1v) is 10.6. The van der Waals surface area contributed by atoms with E-state index in [-0.39, 0.29) is 12.4 Å². The van der Waals surface area contributed by atoms with Crippen molar-refractivity contribution in [3.8, 4) is 0 Å². The van der Waals surface area contributed by atoms with E-state index in [0.29, 0.717) is 28.9 Å². The molecule has 0 aliphatic rings. The number of aliphatic hydroxyl groups excluding tert-OH is 1. The summed E-state index contributed by atoms with van der Waals surface area (Å²) in [5.41, 5.74) is 13.2. The molecular formula is C22H38FN5O. The third kappa shape index (κ3) is 8.22. The smallest absolute Gasteiger partial charge is 0.132 e. The number of hydrogen-bond donors (Lipinski definition) is 5. The number of fused-ring (bicyclic) bond motifs is 1. The first-order chi connectivity index (χ1) is 13.9. The highest BCUT2D eigenvalue weighted by molar-refractivity contribution is 5.82. The van der Waals surface area contributed by atoms with Gasteiger partial charge in [0.25, 0.3) is 0 Å². The molecule has 6 nitrogen and oxygen atoms in total. The Morgan fingerprint density at radius 1 is 1.03 bits per heavy atom. The van der Waals surface area contributed by atoms with Gasteiger partial charge in [-0.15, -0.1) is 0 Å².